The molecule has 0 amide bonds. The Bertz CT molecular complexity index is 755. The molecule has 3 heteroatoms. The Balaban J connectivity index is 1.79. The first-order valence-electron chi connectivity index (χ1n) is 6.39. The van der Waals surface area contributed by atoms with Crippen LogP contribution < -0.4 is 5.32 Å². The van der Waals surface area contributed by atoms with Gasteiger partial charge in [0.25, 0.3) is 0 Å². The van der Waals surface area contributed by atoms with E-state index >= 15 is 0 Å². The van der Waals surface area contributed by atoms with Crippen molar-refractivity contribution >= 4 is 44.0 Å². The lowest BCUT2D eigenvalue weighted by Gasteiger charge is -2.09. The van der Waals surface area contributed by atoms with Crippen molar-refractivity contribution < 1.29 is 0 Å². The van der Waals surface area contributed by atoms with Gasteiger partial charge in [-0.05, 0) is 56.5 Å². The third-order valence-electron chi connectivity index (χ3n) is 3.23. The Hall–Kier alpha value is -1.51. The molecular weight excluding hydrogens is 334 g/mol. The fraction of sp³-hybridized carbons (Fsp3) is 0.0588. The van der Waals surface area contributed by atoms with Crippen LogP contribution >= 0.6 is 27.5 Å². The van der Waals surface area contributed by atoms with Crippen LogP contribution in [0, 0.1) is 0 Å². The van der Waals surface area contributed by atoms with Crippen LogP contribution in [0.5, 0.6) is 0 Å². The van der Waals surface area contributed by atoms with E-state index in [2.05, 4.69) is 63.7 Å². The first kappa shape index (κ1) is 13.5. The number of nitrogens with one attached hydrogen (secondary N) is 1. The Morgan fingerprint density at radius 1 is 0.900 bits per heavy atom. The fourth-order valence-electron chi connectivity index (χ4n) is 2.18. The average Bonchev–Trinajstić information content (AvgIpc) is 2.46. The smallest absolute Gasteiger partial charge is 0.0488 e. The molecule has 0 spiro atoms. The summed E-state index contributed by atoms with van der Waals surface area (Å²) in [4.78, 5) is 0. The number of anilines is 1. The van der Waals surface area contributed by atoms with Crippen LogP contribution in [0.25, 0.3) is 10.8 Å². The first-order chi connectivity index (χ1) is 9.72. The summed E-state index contributed by atoms with van der Waals surface area (Å²) in [5.41, 5.74) is 2.30. The van der Waals surface area contributed by atoms with Gasteiger partial charge in [-0.25, -0.2) is 0 Å². The summed E-state index contributed by atoms with van der Waals surface area (Å²) >= 11 is 9.46. The van der Waals surface area contributed by atoms with E-state index in [0.717, 1.165) is 21.7 Å². The molecule has 100 valence electrons. The predicted octanol–water partition coefficient (Wildman–Crippen LogP) is 5.87. The maximum absolute atomic E-state index is 5.94. The topological polar surface area (TPSA) is 12.0 Å². The lowest BCUT2D eigenvalue weighted by Crippen LogP contribution is -1.99. The summed E-state index contributed by atoms with van der Waals surface area (Å²) in [7, 11) is 0. The molecule has 1 N–H and O–H groups in total. The van der Waals surface area contributed by atoms with Crippen molar-refractivity contribution in [2.45, 2.75) is 6.54 Å². The van der Waals surface area contributed by atoms with Gasteiger partial charge in [0.2, 0.25) is 0 Å². The minimum absolute atomic E-state index is 0.730. The minimum atomic E-state index is 0.730. The molecule has 0 heterocycles. The Labute approximate surface area is 131 Å². The summed E-state index contributed by atoms with van der Waals surface area (Å²) in [6.07, 6.45) is 0. The highest BCUT2D eigenvalue weighted by Gasteiger charge is 2.01. The van der Waals surface area contributed by atoms with Gasteiger partial charge in [0.15, 0.2) is 0 Å². The van der Waals surface area contributed by atoms with E-state index in [-0.39, 0.29) is 0 Å². The zero-order chi connectivity index (χ0) is 13.9. The summed E-state index contributed by atoms with van der Waals surface area (Å²) in [5.74, 6) is 0. The lowest BCUT2D eigenvalue weighted by atomic mass is 10.1. The second-order valence-corrected chi connectivity index (χ2v) is 5.95. The second-order valence-electron chi connectivity index (χ2n) is 4.66. The van der Waals surface area contributed by atoms with Crippen LogP contribution in [0.3, 0.4) is 0 Å². The predicted molar refractivity (Wildman–Crippen MR) is 90.4 cm³/mol. The lowest BCUT2D eigenvalue weighted by molar-refractivity contribution is 1.15. The normalized spacial score (nSPS) is 10.7. The molecule has 0 fully saturated rings. The van der Waals surface area contributed by atoms with E-state index in [0.29, 0.717) is 0 Å². The van der Waals surface area contributed by atoms with Gasteiger partial charge in [-0.2, -0.15) is 0 Å². The third-order valence-corrected chi connectivity index (χ3v) is 4.12. The molecule has 3 rings (SSSR count). The van der Waals surface area contributed by atoms with E-state index in [1.807, 2.05) is 18.2 Å². The highest BCUT2D eigenvalue weighted by Crippen LogP contribution is 2.26. The van der Waals surface area contributed by atoms with Crippen molar-refractivity contribution in [3.8, 4) is 0 Å². The molecule has 1 nitrogen and oxygen atoms in total. The van der Waals surface area contributed by atoms with E-state index in [1.165, 1.54) is 16.3 Å². The summed E-state index contributed by atoms with van der Waals surface area (Å²) in [6, 6.07) is 20.7. The second kappa shape index (κ2) is 5.86. The van der Waals surface area contributed by atoms with Gasteiger partial charge in [0, 0.05) is 21.7 Å². The van der Waals surface area contributed by atoms with Crippen molar-refractivity contribution in [1.29, 1.82) is 0 Å². The van der Waals surface area contributed by atoms with Crippen molar-refractivity contribution in [2.24, 2.45) is 0 Å². The van der Waals surface area contributed by atoms with E-state index in [4.69, 9.17) is 11.6 Å². The van der Waals surface area contributed by atoms with Crippen LogP contribution in [0.2, 0.25) is 5.02 Å². The van der Waals surface area contributed by atoms with E-state index in [1.54, 1.807) is 0 Å². The SMILES string of the molecule is Clc1ccc(NCc2ccc3ccccc3c2)c(Br)c1. The van der Waals surface area contributed by atoms with Crippen molar-refractivity contribution in [3.05, 3.63) is 75.7 Å². The maximum atomic E-state index is 5.94. The van der Waals surface area contributed by atoms with E-state index < -0.39 is 0 Å². The Kier molecular flexibility index (Phi) is 3.95. The van der Waals surface area contributed by atoms with Crippen LogP contribution in [-0.4, -0.2) is 0 Å². The third kappa shape index (κ3) is 2.97. The van der Waals surface area contributed by atoms with Gasteiger partial charge in [0.1, 0.15) is 0 Å². The number of hydrogen-bond acceptors (Lipinski definition) is 1. The molecule has 3 aromatic rings. The molecule has 3 aromatic carbocycles. The molecule has 20 heavy (non-hydrogen) atoms. The minimum Gasteiger partial charge on any atom is -0.380 e. The molecular formula is C17H13BrClN. The Morgan fingerprint density at radius 3 is 2.50 bits per heavy atom. The van der Waals surface area contributed by atoms with Gasteiger partial charge in [-0.15, -0.1) is 0 Å². The molecule has 0 saturated carbocycles. The zero-order valence-corrected chi connectivity index (χ0v) is 13.1. The van der Waals surface area contributed by atoms with Crippen LogP contribution in [0.1, 0.15) is 5.56 Å². The standard InChI is InChI=1S/C17H13BrClN/c18-16-10-15(19)7-8-17(16)20-11-12-5-6-13-3-1-2-4-14(13)9-12/h1-10,20H,11H2. The Morgan fingerprint density at radius 2 is 1.70 bits per heavy atom. The van der Waals surface area contributed by atoms with Gasteiger partial charge < -0.3 is 5.32 Å². The van der Waals surface area contributed by atoms with Crippen molar-refractivity contribution in [2.75, 3.05) is 5.32 Å². The van der Waals surface area contributed by atoms with Gasteiger partial charge >= 0.3 is 0 Å². The van der Waals surface area contributed by atoms with Gasteiger partial charge in [-0.3, -0.25) is 0 Å². The van der Waals surface area contributed by atoms with Gasteiger partial charge in [0.05, 0.1) is 0 Å². The zero-order valence-electron chi connectivity index (χ0n) is 10.7. The molecule has 0 radical (unpaired) electrons. The van der Waals surface area contributed by atoms with Crippen LogP contribution in [-0.2, 0) is 6.54 Å². The maximum Gasteiger partial charge on any atom is 0.0488 e. The van der Waals surface area contributed by atoms with Gasteiger partial charge in [-0.1, -0.05) is 48.0 Å². The van der Waals surface area contributed by atoms with Crippen molar-refractivity contribution in [3.63, 3.8) is 0 Å². The average molecular weight is 347 g/mol. The summed E-state index contributed by atoms with van der Waals surface area (Å²) < 4.78 is 0.978. The van der Waals surface area contributed by atoms with Crippen LogP contribution in [0.4, 0.5) is 5.69 Å². The summed E-state index contributed by atoms with van der Waals surface area (Å²) in [6.45, 7) is 0.783. The molecule has 0 unspecified atom stereocenters. The molecule has 0 bridgehead atoms. The van der Waals surface area contributed by atoms with Crippen LogP contribution in [0.15, 0.2) is 65.1 Å². The monoisotopic (exact) mass is 345 g/mol. The highest BCUT2D eigenvalue weighted by molar-refractivity contribution is 9.10. The molecule has 0 atom stereocenters. The highest BCUT2D eigenvalue weighted by atomic mass is 79.9. The number of rotatable bonds is 3. The largest absolute Gasteiger partial charge is 0.380 e. The van der Waals surface area contributed by atoms with Crippen molar-refractivity contribution in [1.82, 2.24) is 0 Å². The summed E-state index contributed by atoms with van der Waals surface area (Å²) in [5, 5.41) is 6.68. The fourth-order valence-corrected chi connectivity index (χ4v) is 3.00. The number of halogens is 2. The molecule has 0 aliphatic rings. The first-order valence-corrected chi connectivity index (χ1v) is 7.56. The molecule has 0 aromatic heterocycles. The number of hydrogen-bond donors (Lipinski definition) is 1. The molecule has 0 saturated heterocycles. The number of benzene rings is 3. The quantitative estimate of drug-likeness (QED) is 0.625. The molecule has 0 aliphatic heterocycles. The van der Waals surface area contributed by atoms with E-state index in [9.17, 15) is 0 Å². The number of fused-ring (bicyclic) bond motifs is 1. The molecule has 0 aliphatic carbocycles.